The average Bonchev–Trinajstić information content (AvgIpc) is 3.08. The summed E-state index contributed by atoms with van der Waals surface area (Å²) < 4.78 is 25.6. The van der Waals surface area contributed by atoms with Gasteiger partial charge in [-0.1, -0.05) is 12.1 Å². The number of hydrogen-bond acceptors (Lipinski definition) is 4. The van der Waals surface area contributed by atoms with Gasteiger partial charge in [-0.25, -0.2) is 4.39 Å². The van der Waals surface area contributed by atoms with E-state index in [1.54, 1.807) is 26.3 Å². The molecule has 0 bridgehead atoms. The molecule has 0 radical (unpaired) electrons. The van der Waals surface area contributed by atoms with E-state index >= 15 is 0 Å². The highest BCUT2D eigenvalue weighted by Gasteiger charge is 2.17. The van der Waals surface area contributed by atoms with E-state index in [4.69, 9.17) is 9.47 Å². The van der Waals surface area contributed by atoms with Gasteiger partial charge in [0.15, 0.2) is 5.69 Å². The summed E-state index contributed by atoms with van der Waals surface area (Å²) >= 11 is 0. The van der Waals surface area contributed by atoms with Gasteiger partial charge < -0.3 is 14.8 Å². The number of aromatic nitrogens is 2. The molecule has 0 spiro atoms. The number of nitrogens with zero attached hydrogens (tertiary/aromatic N) is 2. The molecule has 3 aromatic rings. The lowest BCUT2D eigenvalue weighted by atomic mass is 10.1. The van der Waals surface area contributed by atoms with Crippen molar-refractivity contribution in [2.75, 3.05) is 14.2 Å². The second-order valence-electron chi connectivity index (χ2n) is 5.91. The first-order valence-electron chi connectivity index (χ1n) is 8.31. The van der Waals surface area contributed by atoms with Crippen LogP contribution >= 0.6 is 0 Å². The van der Waals surface area contributed by atoms with Crippen LogP contribution < -0.4 is 14.8 Å². The van der Waals surface area contributed by atoms with E-state index in [0.717, 1.165) is 11.3 Å². The van der Waals surface area contributed by atoms with Crippen LogP contribution in [-0.2, 0) is 13.6 Å². The molecule has 27 heavy (non-hydrogen) atoms. The van der Waals surface area contributed by atoms with Crippen molar-refractivity contribution in [3.05, 3.63) is 65.6 Å². The molecule has 1 N–H and O–H groups in total. The fraction of sp³-hybridized carbons (Fsp3) is 0.200. The molecule has 0 fully saturated rings. The smallest absolute Gasteiger partial charge is 0.272 e. The summed E-state index contributed by atoms with van der Waals surface area (Å²) in [6.07, 6.45) is 0. The zero-order valence-corrected chi connectivity index (χ0v) is 15.3. The predicted octanol–water partition coefficient (Wildman–Crippen LogP) is 3.17. The number of carbonyl (C=O) groups is 1. The fourth-order valence-electron chi connectivity index (χ4n) is 2.73. The summed E-state index contributed by atoms with van der Waals surface area (Å²) in [6, 6.07) is 13.2. The van der Waals surface area contributed by atoms with Gasteiger partial charge in [-0.15, -0.1) is 0 Å². The molecule has 2 aromatic carbocycles. The van der Waals surface area contributed by atoms with E-state index in [1.165, 1.54) is 23.9 Å². The van der Waals surface area contributed by atoms with Crippen LogP contribution in [0, 0.1) is 5.82 Å². The summed E-state index contributed by atoms with van der Waals surface area (Å²) in [5.41, 5.74) is 2.29. The second-order valence-corrected chi connectivity index (χ2v) is 5.91. The van der Waals surface area contributed by atoms with Gasteiger partial charge in [0.2, 0.25) is 0 Å². The molecule has 1 aromatic heterocycles. The van der Waals surface area contributed by atoms with Crippen LogP contribution in [0.2, 0.25) is 0 Å². The molecule has 0 aliphatic rings. The molecule has 0 atom stereocenters. The SMILES string of the molecule is COc1ccc(CNC(=O)c2cc(-c3cc(F)ccc3OC)n(C)n2)cc1. The molecule has 6 nitrogen and oxygen atoms in total. The molecule has 140 valence electrons. The molecule has 0 aliphatic heterocycles. The zero-order valence-electron chi connectivity index (χ0n) is 15.3. The normalized spacial score (nSPS) is 10.5. The number of amides is 1. The van der Waals surface area contributed by atoms with Crippen molar-refractivity contribution in [1.82, 2.24) is 15.1 Å². The quantitative estimate of drug-likeness (QED) is 0.725. The van der Waals surface area contributed by atoms with Crippen molar-refractivity contribution in [2.45, 2.75) is 6.54 Å². The van der Waals surface area contributed by atoms with Crippen LogP contribution in [0.5, 0.6) is 11.5 Å². The largest absolute Gasteiger partial charge is 0.497 e. The Balaban J connectivity index is 1.77. The van der Waals surface area contributed by atoms with Gasteiger partial charge in [0.05, 0.1) is 19.9 Å². The predicted molar refractivity (Wildman–Crippen MR) is 99.3 cm³/mol. The lowest BCUT2D eigenvalue weighted by molar-refractivity contribution is 0.0945. The van der Waals surface area contributed by atoms with E-state index in [0.29, 0.717) is 23.6 Å². The topological polar surface area (TPSA) is 65.4 Å². The van der Waals surface area contributed by atoms with Crippen molar-refractivity contribution in [3.8, 4) is 22.8 Å². The van der Waals surface area contributed by atoms with Crippen molar-refractivity contribution in [2.24, 2.45) is 7.05 Å². The molecule has 0 saturated heterocycles. The number of halogens is 1. The summed E-state index contributed by atoms with van der Waals surface area (Å²) in [6.45, 7) is 0.359. The van der Waals surface area contributed by atoms with Gasteiger partial charge >= 0.3 is 0 Å². The van der Waals surface area contributed by atoms with Gasteiger partial charge in [0.1, 0.15) is 17.3 Å². The highest BCUT2D eigenvalue weighted by molar-refractivity contribution is 5.93. The standard InChI is InChI=1S/C20H20FN3O3/c1-24-18(16-10-14(21)6-9-19(16)27-3)11-17(23-24)20(25)22-12-13-4-7-15(26-2)8-5-13/h4-11H,12H2,1-3H3,(H,22,25). The Bertz CT molecular complexity index is 952. The Hall–Kier alpha value is -3.35. The molecular weight excluding hydrogens is 349 g/mol. The van der Waals surface area contributed by atoms with Gasteiger partial charge in [0.25, 0.3) is 5.91 Å². The first-order chi connectivity index (χ1) is 13.0. The van der Waals surface area contributed by atoms with Crippen LogP contribution in [0.4, 0.5) is 4.39 Å². The number of hydrogen-bond donors (Lipinski definition) is 1. The second kappa shape index (κ2) is 7.90. The van der Waals surface area contributed by atoms with Gasteiger partial charge in [-0.3, -0.25) is 9.48 Å². The van der Waals surface area contributed by atoms with Crippen LogP contribution in [0.1, 0.15) is 16.1 Å². The minimum absolute atomic E-state index is 0.243. The Morgan fingerprint density at radius 1 is 1.11 bits per heavy atom. The van der Waals surface area contributed by atoms with Crippen molar-refractivity contribution >= 4 is 5.91 Å². The maximum absolute atomic E-state index is 13.7. The minimum Gasteiger partial charge on any atom is -0.497 e. The van der Waals surface area contributed by atoms with Crippen LogP contribution in [0.25, 0.3) is 11.3 Å². The van der Waals surface area contributed by atoms with Crippen molar-refractivity contribution in [3.63, 3.8) is 0 Å². The first kappa shape index (κ1) is 18.4. The van der Waals surface area contributed by atoms with E-state index < -0.39 is 5.82 Å². The fourth-order valence-corrected chi connectivity index (χ4v) is 2.73. The third-order valence-corrected chi connectivity index (χ3v) is 4.16. The van der Waals surface area contributed by atoms with E-state index in [9.17, 15) is 9.18 Å². The summed E-state index contributed by atoms with van der Waals surface area (Å²) in [5.74, 6) is 0.550. The minimum atomic E-state index is -0.391. The maximum Gasteiger partial charge on any atom is 0.272 e. The molecule has 7 heteroatoms. The van der Waals surface area contributed by atoms with Crippen molar-refractivity contribution in [1.29, 1.82) is 0 Å². The number of benzene rings is 2. The van der Waals surface area contributed by atoms with Gasteiger partial charge in [-0.05, 0) is 42.0 Å². The Morgan fingerprint density at radius 2 is 1.85 bits per heavy atom. The van der Waals surface area contributed by atoms with Gasteiger partial charge in [0, 0.05) is 19.2 Å². The number of methoxy groups -OCH3 is 2. The van der Waals surface area contributed by atoms with E-state index in [-0.39, 0.29) is 11.6 Å². The first-order valence-corrected chi connectivity index (χ1v) is 8.31. The highest BCUT2D eigenvalue weighted by Crippen LogP contribution is 2.30. The lowest BCUT2D eigenvalue weighted by Gasteiger charge is -2.08. The molecular formula is C20H20FN3O3. The van der Waals surface area contributed by atoms with Crippen LogP contribution in [0.15, 0.2) is 48.5 Å². The van der Waals surface area contributed by atoms with E-state index in [2.05, 4.69) is 10.4 Å². The number of aryl methyl sites for hydroxylation is 1. The Kier molecular flexibility index (Phi) is 5.40. The molecule has 1 amide bonds. The van der Waals surface area contributed by atoms with Crippen molar-refractivity contribution < 1.29 is 18.7 Å². The third-order valence-electron chi connectivity index (χ3n) is 4.16. The van der Waals surface area contributed by atoms with Crippen LogP contribution in [-0.4, -0.2) is 29.9 Å². The molecule has 1 heterocycles. The lowest BCUT2D eigenvalue weighted by Crippen LogP contribution is -2.23. The third kappa shape index (κ3) is 4.08. The monoisotopic (exact) mass is 369 g/mol. The van der Waals surface area contributed by atoms with Crippen LogP contribution in [0.3, 0.4) is 0 Å². The zero-order chi connectivity index (χ0) is 19.4. The van der Waals surface area contributed by atoms with Gasteiger partial charge in [-0.2, -0.15) is 5.10 Å². The number of rotatable bonds is 6. The Labute approximate surface area is 156 Å². The summed E-state index contributed by atoms with van der Waals surface area (Å²) in [5, 5.41) is 7.06. The van der Waals surface area contributed by atoms with E-state index in [1.807, 2.05) is 24.3 Å². The Morgan fingerprint density at radius 3 is 2.52 bits per heavy atom. The molecule has 3 rings (SSSR count). The summed E-state index contributed by atoms with van der Waals surface area (Å²) in [7, 11) is 4.80. The number of carbonyl (C=O) groups excluding carboxylic acids is 1. The maximum atomic E-state index is 13.7. The molecule has 0 aliphatic carbocycles. The molecule has 0 saturated carbocycles. The summed E-state index contributed by atoms with van der Waals surface area (Å²) in [4.78, 5) is 12.4. The average molecular weight is 369 g/mol. The molecule has 0 unspecified atom stereocenters. The number of nitrogens with one attached hydrogen (secondary N) is 1. The highest BCUT2D eigenvalue weighted by atomic mass is 19.1. The number of ether oxygens (including phenoxy) is 2.